The number of thiocarbonyl (C=S) groups is 1. The minimum absolute atomic E-state index is 0.0102. The molecule has 8 heteroatoms. The molecular formula is C27H23N3O4S. The molecule has 0 aromatic heterocycles. The number of benzene rings is 3. The molecule has 3 aromatic rings. The Morgan fingerprint density at radius 1 is 1.03 bits per heavy atom. The molecule has 1 fully saturated rings. The Kier molecular flexibility index (Phi) is 7.03. The van der Waals surface area contributed by atoms with Crippen LogP contribution in [0, 0.1) is 13.8 Å². The molecular weight excluding hydrogens is 462 g/mol. The van der Waals surface area contributed by atoms with E-state index in [0.717, 1.165) is 16.8 Å². The van der Waals surface area contributed by atoms with Crippen molar-refractivity contribution >= 4 is 52.5 Å². The number of nitrogens with zero attached hydrogens (tertiary/aromatic N) is 1. The van der Waals surface area contributed by atoms with Gasteiger partial charge in [-0.25, -0.2) is 0 Å². The molecule has 0 atom stereocenters. The molecule has 3 amide bonds. The summed E-state index contributed by atoms with van der Waals surface area (Å²) in [4.78, 5) is 39.6. The zero-order valence-electron chi connectivity index (χ0n) is 19.2. The second kappa shape index (κ2) is 10.3. The largest absolute Gasteiger partial charge is 0.483 e. The highest BCUT2D eigenvalue weighted by molar-refractivity contribution is 7.80. The van der Waals surface area contributed by atoms with E-state index in [9.17, 15) is 14.4 Å². The van der Waals surface area contributed by atoms with Gasteiger partial charge >= 0.3 is 0 Å². The van der Waals surface area contributed by atoms with Crippen LogP contribution in [-0.4, -0.2) is 29.4 Å². The van der Waals surface area contributed by atoms with E-state index in [4.69, 9.17) is 17.0 Å². The summed E-state index contributed by atoms with van der Waals surface area (Å²) in [7, 11) is 0. The molecule has 0 saturated carbocycles. The zero-order valence-corrected chi connectivity index (χ0v) is 20.0. The van der Waals surface area contributed by atoms with E-state index in [0.29, 0.717) is 17.0 Å². The molecule has 0 radical (unpaired) electrons. The smallest absolute Gasteiger partial charge is 0.270 e. The standard InChI is InChI=1S/C27H23N3O4S/c1-17-12-13-18(2)22(14-17)28-24(31)16-34-23-11-7-6-8-19(23)15-21-25(32)29-27(35)30(26(21)33)20-9-4-3-5-10-20/h3-15H,16H2,1-2H3,(H,28,31)(H,29,32,35)/b21-15-. The number of carbonyl (C=O) groups is 3. The van der Waals surface area contributed by atoms with Crippen LogP contribution in [0.15, 0.2) is 78.4 Å². The summed E-state index contributed by atoms with van der Waals surface area (Å²) >= 11 is 5.22. The number of aryl methyl sites for hydroxylation is 2. The first-order valence-electron chi connectivity index (χ1n) is 10.9. The normalized spacial score (nSPS) is 14.6. The Morgan fingerprint density at radius 3 is 2.51 bits per heavy atom. The summed E-state index contributed by atoms with van der Waals surface area (Å²) in [5.41, 5.74) is 3.61. The number of amides is 3. The fourth-order valence-electron chi connectivity index (χ4n) is 3.56. The van der Waals surface area contributed by atoms with Crippen LogP contribution < -0.4 is 20.3 Å². The number of ether oxygens (including phenoxy) is 1. The molecule has 3 aromatic carbocycles. The second-order valence-electron chi connectivity index (χ2n) is 7.99. The molecule has 176 valence electrons. The van der Waals surface area contributed by atoms with Crippen LogP contribution in [0.2, 0.25) is 0 Å². The van der Waals surface area contributed by atoms with Crippen molar-refractivity contribution in [3.05, 3.63) is 95.1 Å². The second-order valence-corrected chi connectivity index (χ2v) is 8.37. The van der Waals surface area contributed by atoms with Crippen LogP contribution in [0.1, 0.15) is 16.7 Å². The molecule has 1 heterocycles. The molecule has 7 nitrogen and oxygen atoms in total. The molecule has 1 saturated heterocycles. The Balaban J connectivity index is 1.54. The highest BCUT2D eigenvalue weighted by Gasteiger charge is 2.34. The number of hydrogen-bond acceptors (Lipinski definition) is 5. The molecule has 0 aliphatic carbocycles. The van der Waals surface area contributed by atoms with Gasteiger partial charge < -0.3 is 10.1 Å². The van der Waals surface area contributed by atoms with Crippen LogP contribution in [0.5, 0.6) is 5.75 Å². The lowest BCUT2D eigenvalue weighted by molar-refractivity contribution is -0.122. The fraction of sp³-hybridized carbons (Fsp3) is 0.111. The van der Waals surface area contributed by atoms with Crippen molar-refractivity contribution in [1.82, 2.24) is 5.32 Å². The van der Waals surface area contributed by atoms with E-state index in [1.54, 1.807) is 48.5 Å². The van der Waals surface area contributed by atoms with Crippen molar-refractivity contribution in [2.24, 2.45) is 0 Å². The quantitative estimate of drug-likeness (QED) is 0.311. The number of nitrogens with one attached hydrogen (secondary N) is 2. The molecule has 2 N–H and O–H groups in total. The first kappa shape index (κ1) is 23.8. The van der Waals surface area contributed by atoms with Crippen molar-refractivity contribution in [3.8, 4) is 5.75 Å². The van der Waals surface area contributed by atoms with Crippen LogP contribution in [-0.2, 0) is 14.4 Å². The van der Waals surface area contributed by atoms with E-state index in [1.807, 2.05) is 38.1 Å². The average Bonchev–Trinajstić information content (AvgIpc) is 2.84. The number of carbonyl (C=O) groups excluding carboxylic acids is 3. The van der Waals surface area contributed by atoms with Gasteiger partial charge in [0.1, 0.15) is 11.3 Å². The Labute approximate surface area is 208 Å². The topological polar surface area (TPSA) is 87.7 Å². The Bertz CT molecular complexity index is 1350. The number of anilines is 2. The Morgan fingerprint density at radius 2 is 1.74 bits per heavy atom. The van der Waals surface area contributed by atoms with Crippen molar-refractivity contribution in [1.29, 1.82) is 0 Å². The van der Waals surface area contributed by atoms with Crippen molar-refractivity contribution < 1.29 is 19.1 Å². The molecule has 0 bridgehead atoms. The van der Waals surface area contributed by atoms with Crippen LogP contribution in [0.25, 0.3) is 6.08 Å². The third kappa shape index (κ3) is 5.44. The van der Waals surface area contributed by atoms with Crippen molar-refractivity contribution in [2.45, 2.75) is 13.8 Å². The number of para-hydroxylation sites is 2. The SMILES string of the molecule is Cc1ccc(C)c(NC(=O)COc2ccccc2/C=C2/C(=O)NC(=S)N(c3ccccc3)C2=O)c1. The zero-order chi connectivity index (χ0) is 24.9. The lowest BCUT2D eigenvalue weighted by atomic mass is 10.1. The van der Waals surface area contributed by atoms with E-state index >= 15 is 0 Å². The monoisotopic (exact) mass is 485 g/mol. The highest BCUT2D eigenvalue weighted by atomic mass is 32.1. The van der Waals surface area contributed by atoms with Crippen LogP contribution >= 0.6 is 12.2 Å². The van der Waals surface area contributed by atoms with Crippen molar-refractivity contribution in [3.63, 3.8) is 0 Å². The Hall–Kier alpha value is -4.30. The molecule has 35 heavy (non-hydrogen) atoms. The highest BCUT2D eigenvalue weighted by Crippen LogP contribution is 2.25. The van der Waals surface area contributed by atoms with Gasteiger partial charge in [-0.2, -0.15) is 0 Å². The maximum Gasteiger partial charge on any atom is 0.270 e. The molecule has 1 aliphatic rings. The first-order chi connectivity index (χ1) is 16.8. The molecule has 0 unspecified atom stereocenters. The average molecular weight is 486 g/mol. The van der Waals surface area contributed by atoms with Gasteiger partial charge in [-0.1, -0.05) is 48.5 Å². The third-order valence-corrected chi connectivity index (χ3v) is 5.65. The van der Waals surface area contributed by atoms with Crippen molar-refractivity contribution in [2.75, 3.05) is 16.8 Å². The first-order valence-corrected chi connectivity index (χ1v) is 11.3. The maximum atomic E-state index is 13.2. The predicted octanol–water partition coefficient (Wildman–Crippen LogP) is 4.15. The van der Waals surface area contributed by atoms with Gasteiger partial charge in [0.15, 0.2) is 11.7 Å². The molecule has 4 rings (SSSR count). The van der Waals surface area contributed by atoms with Gasteiger partial charge in [0.2, 0.25) is 0 Å². The summed E-state index contributed by atoms with van der Waals surface area (Å²) in [6, 6.07) is 21.5. The summed E-state index contributed by atoms with van der Waals surface area (Å²) in [6.45, 7) is 3.62. The minimum Gasteiger partial charge on any atom is -0.483 e. The van der Waals surface area contributed by atoms with E-state index in [1.165, 1.54) is 11.0 Å². The summed E-state index contributed by atoms with van der Waals surface area (Å²) < 4.78 is 5.75. The predicted molar refractivity (Wildman–Crippen MR) is 139 cm³/mol. The van der Waals surface area contributed by atoms with E-state index in [2.05, 4.69) is 10.6 Å². The molecule has 1 aliphatic heterocycles. The summed E-state index contributed by atoms with van der Waals surface area (Å²) in [5, 5.41) is 5.42. The summed E-state index contributed by atoms with van der Waals surface area (Å²) in [5.74, 6) is -1.12. The van der Waals surface area contributed by atoms with E-state index < -0.39 is 11.8 Å². The van der Waals surface area contributed by atoms with Gasteiger partial charge in [0.25, 0.3) is 17.7 Å². The van der Waals surface area contributed by atoms with Gasteiger partial charge in [-0.15, -0.1) is 0 Å². The van der Waals surface area contributed by atoms with Gasteiger partial charge in [-0.3, -0.25) is 24.6 Å². The lowest BCUT2D eigenvalue weighted by Crippen LogP contribution is -2.54. The third-order valence-electron chi connectivity index (χ3n) is 5.36. The lowest BCUT2D eigenvalue weighted by Gasteiger charge is -2.28. The van der Waals surface area contributed by atoms with Gasteiger partial charge in [0.05, 0.1) is 5.69 Å². The van der Waals surface area contributed by atoms with Crippen LogP contribution in [0.4, 0.5) is 11.4 Å². The summed E-state index contributed by atoms with van der Waals surface area (Å²) in [6.07, 6.45) is 1.44. The maximum absolute atomic E-state index is 13.2. The van der Waals surface area contributed by atoms with E-state index in [-0.39, 0.29) is 23.2 Å². The number of hydrogen-bond donors (Lipinski definition) is 2. The van der Waals surface area contributed by atoms with Gasteiger partial charge in [-0.05, 0) is 67.5 Å². The molecule has 0 spiro atoms. The number of rotatable bonds is 6. The van der Waals surface area contributed by atoms with Crippen LogP contribution in [0.3, 0.4) is 0 Å². The minimum atomic E-state index is -0.602. The van der Waals surface area contributed by atoms with Gasteiger partial charge in [0, 0.05) is 11.3 Å². The fourth-order valence-corrected chi connectivity index (χ4v) is 3.84.